The molecule has 1 aromatic heterocycles. The number of hydrogen-bond acceptors (Lipinski definition) is 4. The summed E-state index contributed by atoms with van der Waals surface area (Å²) in [7, 11) is 1.56. The number of halogens is 3. The third-order valence-corrected chi connectivity index (χ3v) is 6.02. The van der Waals surface area contributed by atoms with Gasteiger partial charge in [0.05, 0.1) is 24.1 Å². The van der Waals surface area contributed by atoms with E-state index < -0.39 is 29.6 Å². The van der Waals surface area contributed by atoms with E-state index in [4.69, 9.17) is 4.74 Å². The molecule has 3 aromatic carbocycles. The van der Waals surface area contributed by atoms with Crippen molar-refractivity contribution in [2.75, 3.05) is 19.0 Å². The number of nitrogens with zero attached hydrogens (tertiary/aromatic N) is 3. The van der Waals surface area contributed by atoms with Crippen LogP contribution in [0.4, 0.5) is 19.0 Å². The zero-order valence-electron chi connectivity index (χ0n) is 21.6. The van der Waals surface area contributed by atoms with Gasteiger partial charge in [-0.05, 0) is 62.4 Å². The molecule has 0 aliphatic carbocycles. The summed E-state index contributed by atoms with van der Waals surface area (Å²) in [5.74, 6) is 0.00424. The fourth-order valence-electron chi connectivity index (χ4n) is 3.93. The average molecular weight is 537 g/mol. The maximum atomic E-state index is 13.2. The number of benzene rings is 3. The van der Waals surface area contributed by atoms with Crippen molar-refractivity contribution in [3.05, 3.63) is 96.1 Å². The van der Waals surface area contributed by atoms with Gasteiger partial charge in [0.25, 0.3) is 5.91 Å². The Bertz CT molecular complexity index is 1430. The molecule has 202 valence electrons. The highest BCUT2D eigenvalue weighted by Crippen LogP contribution is 2.29. The highest BCUT2D eigenvalue weighted by atomic mass is 19.4. The lowest BCUT2D eigenvalue weighted by molar-refractivity contribution is -0.137. The number of hydrogen-bond donors (Lipinski definition) is 1. The molecule has 4 aromatic rings. The van der Waals surface area contributed by atoms with Crippen LogP contribution in [0.2, 0.25) is 0 Å². The third-order valence-electron chi connectivity index (χ3n) is 6.02. The molecular formula is C29H27F3N4O3. The summed E-state index contributed by atoms with van der Waals surface area (Å²) in [6.45, 7) is 3.14. The fourth-order valence-corrected chi connectivity index (χ4v) is 3.93. The largest absolute Gasteiger partial charge is 0.497 e. The van der Waals surface area contributed by atoms with Crippen LogP contribution in [0.5, 0.6) is 5.75 Å². The Balaban J connectivity index is 1.58. The maximum Gasteiger partial charge on any atom is 0.416 e. The molecule has 0 fully saturated rings. The molecule has 4 rings (SSSR count). The smallest absolute Gasteiger partial charge is 0.416 e. The van der Waals surface area contributed by atoms with E-state index >= 15 is 0 Å². The molecule has 0 bridgehead atoms. The Kier molecular flexibility index (Phi) is 8.04. The molecule has 1 N–H and O–H groups in total. The second kappa shape index (κ2) is 11.4. The Hall–Kier alpha value is -4.60. The molecule has 0 aliphatic rings. The molecule has 0 atom stereocenters. The highest BCUT2D eigenvalue weighted by Gasteiger charge is 2.31. The maximum absolute atomic E-state index is 13.2. The van der Waals surface area contributed by atoms with Crippen molar-refractivity contribution in [1.82, 2.24) is 14.7 Å². The molecule has 0 saturated carbocycles. The Morgan fingerprint density at radius 1 is 0.974 bits per heavy atom. The number of anilines is 1. The van der Waals surface area contributed by atoms with Gasteiger partial charge in [-0.15, -0.1) is 0 Å². The van der Waals surface area contributed by atoms with E-state index in [2.05, 4.69) is 10.4 Å². The summed E-state index contributed by atoms with van der Waals surface area (Å²) in [4.78, 5) is 27.6. The van der Waals surface area contributed by atoms with Gasteiger partial charge in [0.1, 0.15) is 18.1 Å². The molecule has 0 aliphatic heterocycles. The van der Waals surface area contributed by atoms with Crippen LogP contribution in [0.3, 0.4) is 0 Å². The van der Waals surface area contributed by atoms with E-state index in [-0.39, 0.29) is 12.1 Å². The number of amides is 2. The summed E-state index contributed by atoms with van der Waals surface area (Å²) in [5.41, 5.74) is 1.35. The summed E-state index contributed by atoms with van der Waals surface area (Å²) in [5, 5.41) is 7.51. The topological polar surface area (TPSA) is 76.5 Å². The molecular weight excluding hydrogens is 509 g/mol. The van der Waals surface area contributed by atoms with Crippen molar-refractivity contribution >= 4 is 17.6 Å². The molecule has 0 spiro atoms. The number of carbonyl (C=O) groups excluding carboxylic acids is 2. The lowest BCUT2D eigenvalue weighted by Crippen LogP contribution is -2.42. The predicted octanol–water partition coefficient (Wildman–Crippen LogP) is 6.06. The van der Waals surface area contributed by atoms with Crippen LogP contribution in [0.15, 0.2) is 84.9 Å². The molecule has 0 unspecified atom stereocenters. The summed E-state index contributed by atoms with van der Waals surface area (Å²) in [6, 6.07) is 21.9. The number of nitrogens with one attached hydrogen (secondary N) is 1. The molecule has 0 saturated heterocycles. The van der Waals surface area contributed by atoms with E-state index in [1.165, 1.54) is 4.90 Å². The van der Waals surface area contributed by atoms with Crippen LogP contribution in [-0.2, 0) is 11.0 Å². The number of ether oxygens (including phenoxy) is 1. The van der Waals surface area contributed by atoms with Crippen LogP contribution in [-0.4, -0.2) is 46.2 Å². The minimum Gasteiger partial charge on any atom is -0.497 e. The zero-order valence-corrected chi connectivity index (χ0v) is 21.6. The first-order chi connectivity index (χ1) is 18.6. The van der Waals surface area contributed by atoms with Crippen LogP contribution >= 0.6 is 0 Å². The monoisotopic (exact) mass is 536 g/mol. The Morgan fingerprint density at radius 2 is 1.62 bits per heavy atom. The first-order valence-electron chi connectivity index (χ1n) is 12.1. The first kappa shape index (κ1) is 27.4. The lowest BCUT2D eigenvalue weighted by Gasteiger charge is -2.26. The van der Waals surface area contributed by atoms with Crippen LogP contribution in [0, 0.1) is 0 Å². The number of aromatic nitrogens is 2. The first-order valence-corrected chi connectivity index (χ1v) is 12.1. The molecule has 10 heteroatoms. The Morgan fingerprint density at radius 3 is 2.18 bits per heavy atom. The molecule has 2 amide bonds. The highest BCUT2D eigenvalue weighted by molar-refractivity contribution is 5.99. The minimum absolute atomic E-state index is 0.0548. The number of methoxy groups -OCH3 is 1. The van der Waals surface area contributed by atoms with E-state index in [0.717, 1.165) is 29.8 Å². The van der Waals surface area contributed by atoms with Gasteiger partial charge in [-0.1, -0.05) is 30.3 Å². The lowest BCUT2D eigenvalue weighted by atomic mass is 10.1. The van der Waals surface area contributed by atoms with E-state index in [0.29, 0.717) is 22.9 Å². The van der Waals surface area contributed by atoms with Crippen LogP contribution < -0.4 is 10.1 Å². The SMILES string of the molecule is COc1ccc(-n2nc(-c3ccccc3)cc2NC(=O)CN(C(=O)c2ccc(C(F)(F)F)cc2)C(C)C)cc1. The van der Waals surface area contributed by atoms with Gasteiger partial charge in [0.15, 0.2) is 0 Å². The summed E-state index contributed by atoms with van der Waals surface area (Å²) >= 11 is 0. The number of alkyl halides is 3. The van der Waals surface area contributed by atoms with Gasteiger partial charge in [-0.3, -0.25) is 9.59 Å². The van der Waals surface area contributed by atoms with Crippen LogP contribution in [0.25, 0.3) is 16.9 Å². The van der Waals surface area contributed by atoms with Crippen molar-refractivity contribution in [3.8, 4) is 22.7 Å². The van der Waals surface area contributed by atoms with Crippen molar-refractivity contribution in [1.29, 1.82) is 0 Å². The standard InChI is InChI=1S/C29H27F3N4O3/c1-19(2)35(28(38)21-9-11-22(12-10-21)29(30,31)32)18-27(37)33-26-17-25(20-7-5-4-6-8-20)34-36(26)23-13-15-24(39-3)16-14-23/h4-17,19H,18H2,1-3H3,(H,33,37). The second-order valence-electron chi connectivity index (χ2n) is 9.04. The van der Waals surface area contributed by atoms with Crippen LogP contribution in [0.1, 0.15) is 29.8 Å². The predicted molar refractivity (Wildman–Crippen MR) is 142 cm³/mol. The number of carbonyl (C=O) groups is 2. The minimum atomic E-state index is -4.51. The van der Waals surface area contributed by atoms with E-state index in [9.17, 15) is 22.8 Å². The van der Waals surface area contributed by atoms with Gasteiger partial charge in [0.2, 0.25) is 5.91 Å². The van der Waals surface area contributed by atoms with Gasteiger partial charge in [-0.25, -0.2) is 4.68 Å². The van der Waals surface area contributed by atoms with Gasteiger partial charge in [-0.2, -0.15) is 18.3 Å². The summed E-state index contributed by atoms with van der Waals surface area (Å²) in [6.07, 6.45) is -4.51. The van der Waals surface area contributed by atoms with Gasteiger partial charge < -0.3 is 15.0 Å². The van der Waals surface area contributed by atoms with Crippen molar-refractivity contribution in [3.63, 3.8) is 0 Å². The van der Waals surface area contributed by atoms with Crippen molar-refractivity contribution < 1.29 is 27.5 Å². The van der Waals surface area contributed by atoms with Crippen molar-refractivity contribution in [2.45, 2.75) is 26.1 Å². The normalized spacial score (nSPS) is 11.4. The fraction of sp³-hybridized carbons (Fsp3) is 0.207. The van der Waals surface area contributed by atoms with Gasteiger partial charge in [0, 0.05) is 23.2 Å². The number of rotatable bonds is 8. The zero-order chi connectivity index (χ0) is 28.2. The molecule has 0 radical (unpaired) electrons. The summed E-state index contributed by atoms with van der Waals surface area (Å²) < 4.78 is 45.6. The van der Waals surface area contributed by atoms with Crippen molar-refractivity contribution in [2.24, 2.45) is 0 Å². The molecule has 7 nitrogen and oxygen atoms in total. The average Bonchev–Trinajstić information content (AvgIpc) is 3.35. The molecule has 1 heterocycles. The van der Waals surface area contributed by atoms with E-state index in [1.807, 2.05) is 30.3 Å². The van der Waals surface area contributed by atoms with Gasteiger partial charge >= 0.3 is 6.18 Å². The van der Waals surface area contributed by atoms with E-state index in [1.54, 1.807) is 56.0 Å². The quantitative estimate of drug-likeness (QED) is 0.297. The molecule has 39 heavy (non-hydrogen) atoms. The second-order valence-corrected chi connectivity index (χ2v) is 9.04. The third kappa shape index (κ3) is 6.46. The Labute approximate surface area is 223 Å².